The van der Waals surface area contributed by atoms with Crippen LogP contribution in [0.1, 0.15) is 35.6 Å². The molecule has 3 heterocycles. The van der Waals surface area contributed by atoms with E-state index in [0.29, 0.717) is 5.92 Å². The van der Waals surface area contributed by atoms with Gasteiger partial charge in [-0.15, -0.1) is 23.1 Å². The number of pyridine rings is 1. The van der Waals surface area contributed by atoms with Gasteiger partial charge in [-0.1, -0.05) is 6.07 Å². The highest BCUT2D eigenvalue weighted by molar-refractivity contribution is 8.00. The van der Waals surface area contributed by atoms with E-state index in [0.717, 1.165) is 27.0 Å². The minimum absolute atomic E-state index is 0.508. The second-order valence-electron chi connectivity index (χ2n) is 6.46. The van der Waals surface area contributed by atoms with Crippen LogP contribution in [0.25, 0.3) is 0 Å². The molecule has 2 saturated carbocycles. The van der Waals surface area contributed by atoms with E-state index < -0.39 is 0 Å². The lowest BCUT2D eigenvalue weighted by Crippen LogP contribution is -2.33. The molecule has 0 aromatic carbocycles. The number of nitrogens with one attached hydrogen (secondary N) is 1. The van der Waals surface area contributed by atoms with E-state index in [-0.39, 0.29) is 0 Å². The quantitative estimate of drug-likeness (QED) is 0.757. The highest BCUT2D eigenvalue weighted by atomic mass is 32.2. The number of thiazole rings is 1. The summed E-state index contributed by atoms with van der Waals surface area (Å²) in [6.45, 7) is 0. The van der Waals surface area contributed by atoms with Crippen LogP contribution < -0.4 is 0 Å². The maximum absolute atomic E-state index is 5.42. The topological polar surface area (TPSA) is 28.7 Å². The molecule has 5 heteroatoms. The Labute approximate surface area is 137 Å². The summed E-state index contributed by atoms with van der Waals surface area (Å²) in [4.78, 5) is 9.29. The van der Waals surface area contributed by atoms with Gasteiger partial charge in [-0.25, -0.2) is 0 Å². The third-order valence-corrected chi connectivity index (χ3v) is 8.48. The molecule has 2 bridgehead atoms. The first-order valence-electron chi connectivity index (χ1n) is 7.61. The Morgan fingerprint density at radius 2 is 2.19 bits per heavy atom. The molecule has 2 aromatic rings. The van der Waals surface area contributed by atoms with Crippen molar-refractivity contribution >= 4 is 35.3 Å². The van der Waals surface area contributed by atoms with Crippen LogP contribution in [0.4, 0.5) is 0 Å². The van der Waals surface area contributed by atoms with Gasteiger partial charge in [0.2, 0.25) is 0 Å². The number of nitrogens with zero attached hydrogens (tertiary/aromatic N) is 1. The van der Waals surface area contributed by atoms with Gasteiger partial charge in [-0.05, 0) is 60.9 Å². The predicted octanol–water partition coefficient (Wildman–Crippen LogP) is 4.85. The fourth-order valence-electron chi connectivity index (χ4n) is 4.78. The van der Waals surface area contributed by atoms with Crippen molar-refractivity contribution in [2.24, 2.45) is 17.8 Å². The molecule has 0 saturated heterocycles. The molecular formula is C16H16N2S3. The third kappa shape index (κ3) is 1.83. The van der Waals surface area contributed by atoms with Crippen LogP contribution in [0.3, 0.4) is 0 Å². The molecule has 2 nitrogen and oxygen atoms in total. The zero-order chi connectivity index (χ0) is 14.0. The average molecular weight is 333 g/mol. The summed E-state index contributed by atoms with van der Waals surface area (Å²) in [5.41, 5.74) is 1.38. The highest BCUT2D eigenvalue weighted by Gasteiger charge is 2.54. The monoisotopic (exact) mass is 332 g/mol. The zero-order valence-electron chi connectivity index (χ0n) is 11.5. The number of hydrogen-bond donors (Lipinski definition) is 1. The van der Waals surface area contributed by atoms with Crippen LogP contribution in [-0.2, 0) is 0 Å². The van der Waals surface area contributed by atoms with E-state index in [1.54, 1.807) is 11.3 Å². The molecule has 1 aliphatic heterocycles. The molecule has 0 radical (unpaired) electrons. The molecular weight excluding hydrogens is 316 g/mol. The van der Waals surface area contributed by atoms with E-state index in [1.165, 1.54) is 34.7 Å². The highest BCUT2D eigenvalue weighted by Crippen LogP contribution is 2.63. The fourth-order valence-corrected chi connectivity index (χ4v) is 8.12. The summed E-state index contributed by atoms with van der Waals surface area (Å²) >= 11 is 9.28. The van der Waals surface area contributed by atoms with Crippen molar-refractivity contribution in [2.75, 3.05) is 0 Å². The van der Waals surface area contributed by atoms with Crippen molar-refractivity contribution in [3.05, 3.63) is 38.9 Å². The Kier molecular flexibility index (Phi) is 2.86. The van der Waals surface area contributed by atoms with Gasteiger partial charge in [0.25, 0.3) is 0 Å². The van der Waals surface area contributed by atoms with Crippen molar-refractivity contribution in [1.29, 1.82) is 0 Å². The lowest BCUT2D eigenvalue weighted by Gasteiger charge is -2.40. The summed E-state index contributed by atoms with van der Waals surface area (Å²) in [6.07, 6.45) is 8.23. The molecule has 2 aliphatic carbocycles. The molecule has 5 rings (SSSR count). The molecule has 2 aromatic heterocycles. The molecule has 0 spiro atoms. The Morgan fingerprint density at radius 1 is 1.29 bits per heavy atom. The second kappa shape index (κ2) is 4.67. The van der Waals surface area contributed by atoms with Crippen LogP contribution in [-0.4, -0.2) is 15.2 Å². The molecule has 1 N–H and O–H groups in total. The number of H-pyrrole nitrogens is 1. The second-order valence-corrected chi connectivity index (χ2v) is 9.37. The number of thioether (sulfide) groups is 1. The van der Waals surface area contributed by atoms with Gasteiger partial charge in [-0.3, -0.25) is 4.98 Å². The number of aromatic amines is 1. The third-order valence-electron chi connectivity index (χ3n) is 5.51. The van der Waals surface area contributed by atoms with Crippen molar-refractivity contribution in [3.8, 4) is 0 Å². The number of rotatable bonds is 1. The Morgan fingerprint density at radius 3 is 3.05 bits per heavy atom. The van der Waals surface area contributed by atoms with Gasteiger partial charge in [-0.2, -0.15) is 0 Å². The summed E-state index contributed by atoms with van der Waals surface area (Å²) in [5, 5.41) is 2.12. The minimum Gasteiger partial charge on any atom is -0.332 e. The molecule has 3 aliphatic rings. The maximum Gasteiger partial charge on any atom is 0.159 e. The van der Waals surface area contributed by atoms with Gasteiger partial charge in [0, 0.05) is 28.4 Å². The largest absolute Gasteiger partial charge is 0.332 e. The molecule has 2 fully saturated rings. The summed E-state index contributed by atoms with van der Waals surface area (Å²) < 4.78 is 0.925. The molecule has 5 atom stereocenters. The Hall–Kier alpha value is -0.650. The molecule has 21 heavy (non-hydrogen) atoms. The van der Waals surface area contributed by atoms with E-state index in [4.69, 9.17) is 12.2 Å². The number of hydrogen-bond acceptors (Lipinski definition) is 4. The van der Waals surface area contributed by atoms with E-state index in [1.807, 2.05) is 6.20 Å². The first kappa shape index (κ1) is 12.9. The lowest BCUT2D eigenvalue weighted by molar-refractivity contribution is 0.307. The van der Waals surface area contributed by atoms with Crippen LogP contribution in [0, 0.1) is 21.7 Å². The van der Waals surface area contributed by atoms with Gasteiger partial charge in [0.05, 0.1) is 5.03 Å². The average Bonchev–Trinajstić information content (AvgIpc) is 3.18. The SMILES string of the molecule is S=c1[nH]c2c(s1)C(c1cccnc1)C1C3CCC(C3)C1S2. The Balaban J connectivity index is 1.70. The van der Waals surface area contributed by atoms with E-state index in [2.05, 4.69) is 40.1 Å². The minimum atomic E-state index is 0.508. The van der Waals surface area contributed by atoms with Crippen LogP contribution >= 0.6 is 35.3 Å². The first-order valence-corrected chi connectivity index (χ1v) is 9.71. The summed E-state index contributed by atoms with van der Waals surface area (Å²) in [5.74, 6) is 3.11. The maximum atomic E-state index is 5.42. The number of fused-ring (bicyclic) bond motifs is 6. The summed E-state index contributed by atoms with van der Waals surface area (Å²) in [6, 6.07) is 4.33. The van der Waals surface area contributed by atoms with Crippen molar-refractivity contribution < 1.29 is 0 Å². The van der Waals surface area contributed by atoms with Crippen molar-refractivity contribution in [2.45, 2.75) is 35.5 Å². The van der Waals surface area contributed by atoms with Crippen LogP contribution in [0.5, 0.6) is 0 Å². The van der Waals surface area contributed by atoms with Gasteiger partial charge >= 0.3 is 0 Å². The summed E-state index contributed by atoms with van der Waals surface area (Å²) in [7, 11) is 0. The van der Waals surface area contributed by atoms with E-state index in [9.17, 15) is 0 Å². The lowest BCUT2D eigenvalue weighted by atomic mass is 9.75. The fraction of sp³-hybridized carbons (Fsp3) is 0.500. The normalized spacial score (nSPS) is 36.5. The Bertz CT molecular complexity index is 735. The number of aromatic nitrogens is 2. The van der Waals surface area contributed by atoms with Gasteiger partial charge < -0.3 is 4.98 Å². The zero-order valence-corrected chi connectivity index (χ0v) is 13.9. The van der Waals surface area contributed by atoms with E-state index >= 15 is 0 Å². The predicted molar refractivity (Wildman–Crippen MR) is 89.5 cm³/mol. The standard InChI is InChI=1S/C16H16N2S3/c19-16-18-15-14(21-16)12(10-2-1-5-17-7-10)11-8-3-4-9(6-8)13(11)20-15/h1-2,5,7-9,11-13H,3-4,6H2,(H,18,19). The van der Waals surface area contributed by atoms with Crippen LogP contribution in [0.2, 0.25) is 0 Å². The van der Waals surface area contributed by atoms with Crippen molar-refractivity contribution in [3.63, 3.8) is 0 Å². The smallest absolute Gasteiger partial charge is 0.159 e. The molecule has 108 valence electrons. The van der Waals surface area contributed by atoms with Gasteiger partial charge in [0.1, 0.15) is 0 Å². The first-order chi connectivity index (χ1) is 10.3. The van der Waals surface area contributed by atoms with Crippen molar-refractivity contribution in [1.82, 2.24) is 9.97 Å². The van der Waals surface area contributed by atoms with Crippen LogP contribution in [0.15, 0.2) is 29.6 Å². The molecule has 5 unspecified atom stereocenters. The van der Waals surface area contributed by atoms with Gasteiger partial charge in [0.15, 0.2) is 3.95 Å². The molecule has 0 amide bonds.